The van der Waals surface area contributed by atoms with E-state index in [0.29, 0.717) is 12.0 Å². The Morgan fingerprint density at radius 2 is 2.08 bits per heavy atom. The summed E-state index contributed by atoms with van der Waals surface area (Å²) in [4.78, 5) is -0.0674. The van der Waals surface area contributed by atoms with Crippen molar-refractivity contribution in [1.29, 1.82) is 0 Å². The second-order valence-corrected chi connectivity index (χ2v) is 4.25. The largest absolute Gasteiger partial charge is 0.508 e. The molecule has 0 aliphatic rings. The van der Waals surface area contributed by atoms with Crippen LogP contribution in [0.1, 0.15) is 12.5 Å². The summed E-state index contributed by atoms with van der Waals surface area (Å²) in [6.07, 6.45) is 0.650. The zero-order chi connectivity index (χ0) is 10.1. The number of phenolic OH excluding ortho intramolecular Hbond substituents is 1. The van der Waals surface area contributed by atoms with Crippen LogP contribution >= 0.6 is 0 Å². The van der Waals surface area contributed by atoms with Crippen LogP contribution in [0, 0.1) is 0 Å². The third-order valence-corrected chi connectivity index (χ3v) is 2.68. The zero-order valence-electron chi connectivity index (χ0n) is 7.19. The molecule has 0 radical (unpaired) electrons. The molecular weight excluding hydrogens is 190 g/mol. The molecule has 1 aromatic carbocycles. The lowest BCUT2D eigenvalue weighted by atomic mass is 10.1. The highest BCUT2D eigenvalue weighted by atomic mass is 32.2. The van der Waals surface area contributed by atoms with Gasteiger partial charge in [0, 0.05) is 6.07 Å². The summed E-state index contributed by atoms with van der Waals surface area (Å²) in [6.45, 7) is 1.87. The maximum Gasteiger partial charge on any atom is 0.238 e. The Bertz CT molecular complexity index is 411. The molecule has 0 fully saturated rings. The fourth-order valence-electron chi connectivity index (χ4n) is 1.02. The summed E-state index contributed by atoms with van der Waals surface area (Å²) in [5, 5.41) is 14.2. The third-order valence-electron chi connectivity index (χ3n) is 1.77. The molecule has 0 amide bonds. The number of nitrogens with two attached hydrogens (primary N) is 1. The number of sulfonamides is 1. The summed E-state index contributed by atoms with van der Waals surface area (Å²) in [6, 6.07) is 4.09. The Hall–Kier alpha value is -1.07. The molecule has 0 atom stereocenters. The first-order valence-corrected chi connectivity index (χ1v) is 5.34. The molecule has 0 aromatic heterocycles. The number of hydrogen-bond acceptors (Lipinski definition) is 3. The second-order valence-electron chi connectivity index (χ2n) is 2.69. The van der Waals surface area contributed by atoms with Crippen molar-refractivity contribution in [2.45, 2.75) is 18.2 Å². The number of benzene rings is 1. The minimum Gasteiger partial charge on any atom is -0.508 e. The molecular formula is C8H11NO3S. The smallest absolute Gasteiger partial charge is 0.238 e. The van der Waals surface area contributed by atoms with E-state index in [0.717, 1.165) is 6.07 Å². The molecule has 0 bridgehead atoms. The van der Waals surface area contributed by atoms with Crippen molar-refractivity contribution in [2.75, 3.05) is 0 Å². The zero-order valence-corrected chi connectivity index (χ0v) is 8.00. The Morgan fingerprint density at radius 1 is 1.46 bits per heavy atom. The van der Waals surface area contributed by atoms with Crippen molar-refractivity contribution < 1.29 is 13.5 Å². The van der Waals surface area contributed by atoms with Gasteiger partial charge in [-0.15, -0.1) is 0 Å². The van der Waals surface area contributed by atoms with Gasteiger partial charge in [0.25, 0.3) is 0 Å². The molecule has 1 aromatic rings. The fourth-order valence-corrected chi connectivity index (χ4v) is 1.55. The standard InChI is InChI=1S/C8H11NO3S/c1-2-6-3-4-7(5-8(6)10)13(9,11)12/h3-5,10H,2H2,1H3,(H2,9,11,12). The molecule has 0 saturated heterocycles. The van der Waals surface area contributed by atoms with Gasteiger partial charge in [0.05, 0.1) is 4.90 Å². The van der Waals surface area contributed by atoms with E-state index in [1.807, 2.05) is 6.92 Å². The van der Waals surface area contributed by atoms with Gasteiger partial charge in [0.1, 0.15) is 5.75 Å². The molecule has 1 rings (SSSR count). The van der Waals surface area contributed by atoms with Gasteiger partial charge in [-0.05, 0) is 18.1 Å². The molecule has 0 unspecified atom stereocenters. The summed E-state index contributed by atoms with van der Waals surface area (Å²) in [5.41, 5.74) is 0.701. The van der Waals surface area contributed by atoms with Gasteiger partial charge < -0.3 is 5.11 Å². The van der Waals surface area contributed by atoms with E-state index in [2.05, 4.69) is 0 Å². The van der Waals surface area contributed by atoms with E-state index < -0.39 is 10.0 Å². The summed E-state index contributed by atoms with van der Waals surface area (Å²) in [5.74, 6) is -0.0333. The Kier molecular flexibility index (Phi) is 2.58. The van der Waals surface area contributed by atoms with Gasteiger partial charge >= 0.3 is 0 Å². The fraction of sp³-hybridized carbons (Fsp3) is 0.250. The van der Waals surface area contributed by atoms with Gasteiger partial charge in [-0.25, -0.2) is 13.6 Å². The number of aryl methyl sites for hydroxylation is 1. The molecule has 0 spiro atoms. The Morgan fingerprint density at radius 3 is 2.46 bits per heavy atom. The molecule has 0 heterocycles. The van der Waals surface area contributed by atoms with Crippen LogP contribution in [0.3, 0.4) is 0 Å². The first-order valence-electron chi connectivity index (χ1n) is 3.80. The van der Waals surface area contributed by atoms with E-state index >= 15 is 0 Å². The lowest BCUT2D eigenvalue weighted by Crippen LogP contribution is -2.11. The molecule has 5 heteroatoms. The van der Waals surface area contributed by atoms with Crippen molar-refractivity contribution in [3.63, 3.8) is 0 Å². The minimum atomic E-state index is -3.71. The predicted octanol–water partition coefficient (Wildman–Crippen LogP) is 0.602. The molecule has 0 aliphatic heterocycles. The van der Waals surface area contributed by atoms with Crippen LogP contribution in [-0.2, 0) is 16.4 Å². The molecule has 4 nitrogen and oxygen atoms in total. The predicted molar refractivity (Wildman–Crippen MR) is 48.9 cm³/mol. The van der Waals surface area contributed by atoms with E-state index in [9.17, 15) is 13.5 Å². The van der Waals surface area contributed by atoms with Gasteiger partial charge in [-0.2, -0.15) is 0 Å². The quantitative estimate of drug-likeness (QED) is 0.735. The number of hydrogen-bond donors (Lipinski definition) is 2. The molecule has 0 aliphatic carbocycles. The first-order chi connectivity index (χ1) is 5.95. The summed E-state index contributed by atoms with van der Waals surface area (Å²) >= 11 is 0. The van der Waals surface area contributed by atoms with E-state index in [4.69, 9.17) is 5.14 Å². The third kappa shape index (κ3) is 2.19. The number of primary sulfonamides is 1. The monoisotopic (exact) mass is 201 g/mol. The number of rotatable bonds is 2. The summed E-state index contributed by atoms with van der Waals surface area (Å²) < 4.78 is 21.7. The van der Waals surface area contributed by atoms with Crippen LogP contribution in [-0.4, -0.2) is 13.5 Å². The average molecular weight is 201 g/mol. The molecule has 0 saturated carbocycles. The van der Waals surface area contributed by atoms with Crippen LogP contribution in [0.4, 0.5) is 0 Å². The maximum atomic E-state index is 10.9. The van der Waals surface area contributed by atoms with Gasteiger partial charge in [-0.1, -0.05) is 13.0 Å². The average Bonchev–Trinajstić information content (AvgIpc) is 2.02. The van der Waals surface area contributed by atoms with Crippen molar-refractivity contribution in [3.8, 4) is 5.75 Å². The van der Waals surface area contributed by atoms with Crippen LogP contribution < -0.4 is 5.14 Å². The van der Waals surface area contributed by atoms with Crippen LogP contribution in [0.25, 0.3) is 0 Å². The maximum absolute atomic E-state index is 10.9. The number of aromatic hydroxyl groups is 1. The van der Waals surface area contributed by atoms with Gasteiger partial charge in [0.2, 0.25) is 10.0 Å². The van der Waals surface area contributed by atoms with E-state index in [1.54, 1.807) is 6.07 Å². The van der Waals surface area contributed by atoms with Crippen molar-refractivity contribution in [1.82, 2.24) is 0 Å². The normalized spacial score (nSPS) is 11.5. The molecule has 13 heavy (non-hydrogen) atoms. The first kappa shape index (κ1) is 10.0. The SMILES string of the molecule is CCc1ccc(S(N)(=O)=O)cc1O. The van der Waals surface area contributed by atoms with Crippen LogP contribution in [0.2, 0.25) is 0 Å². The summed E-state index contributed by atoms with van der Waals surface area (Å²) in [7, 11) is -3.71. The minimum absolute atomic E-state index is 0.0333. The van der Waals surface area contributed by atoms with Crippen molar-refractivity contribution >= 4 is 10.0 Å². The number of phenols is 1. The highest BCUT2D eigenvalue weighted by molar-refractivity contribution is 7.89. The second kappa shape index (κ2) is 3.35. The lowest BCUT2D eigenvalue weighted by Gasteiger charge is -2.03. The van der Waals surface area contributed by atoms with Crippen LogP contribution in [0.15, 0.2) is 23.1 Å². The molecule has 3 N–H and O–H groups in total. The van der Waals surface area contributed by atoms with Gasteiger partial charge in [-0.3, -0.25) is 0 Å². The van der Waals surface area contributed by atoms with E-state index in [-0.39, 0.29) is 10.6 Å². The van der Waals surface area contributed by atoms with Crippen molar-refractivity contribution in [3.05, 3.63) is 23.8 Å². The van der Waals surface area contributed by atoms with Gasteiger partial charge in [0.15, 0.2) is 0 Å². The highest BCUT2D eigenvalue weighted by Crippen LogP contribution is 2.21. The Balaban J connectivity index is 3.26. The van der Waals surface area contributed by atoms with Crippen LogP contribution in [0.5, 0.6) is 5.75 Å². The topological polar surface area (TPSA) is 80.4 Å². The van der Waals surface area contributed by atoms with E-state index in [1.165, 1.54) is 6.07 Å². The lowest BCUT2D eigenvalue weighted by molar-refractivity contribution is 0.466. The Labute approximate surface area is 77.1 Å². The molecule has 72 valence electrons. The highest BCUT2D eigenvalue weighted by Gasteiger charge is 2.09. The van der Waals surface area contributed by atoms with Crippen molar-refractivity contribution in [2.24, 2.45) is 5.14 Å².